The largest absolute Gasteiger partial charge is 0.501 e. The number of carbonyl (C=O) groups is 1. The van der Waals surface area contributed by atoms with Gasteiger partial charge >= 0.3 is 0 Å². The van der Waals surface area contributed by atoms with Gasteiger partial charge in [-0.1, -0.05) is 304 Å². The summed E-state index contributed by atoms with van der Waals surface area (Å²) in [7, 11) is 3.98. The number of ketones is 1. The molecule has 11 heterocycles. The second kappa shape index (κ2) is 76.5. The molecule has 2 saturated heterocycles. The minimum absolute atomic E-state index is 0.393. The molecule has 15 nitrogen and oxygen atoms in total. The predicted molar refractivity (Wildman–Crippen MR) is 595 cm³/mol. The number of allylic oxidation sites excluding steroid dienone is 8. The van der Waals surface area contributed by atoms with Crippen molar-refractivity contribution in [1.29, 1.82) is 0 Å². The second-order valence-electron chi connectivity index (χ2n) is 43.2. The third-order valence-electron chi connectivity index (χ3n) is 25.5. The van der Waals surface area contributed by atoms with Gasteiger partial charge in [-0.05, 0) is 287 Å². The molecule has 6 aromatic heterocycles. The Morgan fingerprint density at radius 3 is 1.32 bits per heavy atom. The summed E-state index contributed by atoms with van der Waals surface area (Å²) in [5.41, 5.74) is 15.0. The van der Waals surface area contributed by atoms with E-state index in [4.69, 9.17) is 23.7 Å². The van der Waals surface area contributed by atoms with Gasteiger partial charge in [-0.15, -0.1) is 0 Å². The van der Waals surface area contributed by atoms with Crippen molar-refractivity contribution in [1.82, 2.24) is 39.3 Å². The van der Waals surface area contributed by atoms with Crippen molar-refractivity contribution in [2.24, 2.45) is 73.3 Å². The van der Waals surface area contributed by atoms with Crippen LogP contribution in [0.25, 0.3) is 0 Å². The van der Waals surface area contributed by atoms with E-state index in [1.54, 1.807) is 29.7 Å². The van der Waals surface area contributed by atoms with Crippen LogP contribution in [0.5, 0.6) is 0 Å². The molecular formula is C124H204N8O7. The minimum atomic E-state index is -0.432. The molecule has 782 valence electrons. The molecule has 8 aliphatic rings. The molecule has 0 bridgehead atoms. The van der Waals surface area contributed by atoms with Gasteiger partial charge in [0.1, 0.15) is 11.6 Å². The molecule has 0 saturated carbocycles. The molecule has 7 aromatic rings. The van der Waals surface area contributed by atoms with Crippen LogP contribution in [-0.4, -0.2) is 108 Å². The summed E-state index contributed by atoms with van der Waals surface area (Å²) >= 11 is 0. The summed E-state index contributed by atoms with van der Waals surface area (Å²) in [5, 5.41) is 13.9. The molecule has 3 aliphatic carbocycles. The van der Waals surface area contributed by atoms with Crippen molar-refractivity contribution in [3.8, 4) is 0 Å². The number of pyridine rings is 3. The topological polar surface area (TPSA) is 171 Å². The first-order valence-electron chi connectivity index (χ1n) is 53.9. The number of rotatable bonds is 15. The number of Topliss-reactive ketones (excluding diaryl/α,β-unsaturated/α-hetero) is 1. The molecule has 3 unspecified atom stereocenters. The standard InChI is InChI=1S/C10H18O.C10H18.C9H14O.C9H12.C8H13N.3C8H11N.C8H16O.2C8H14O.C8H16O.C8H14O.C7H12N2.C7H10N2/c1-8(2)9-4-6-10(3,11)7-5-9;1-8(2)10-6-4-9(3)5-7-10;1-7(2)8-3-5-9(10)6-4-8;1-8(2)9-6-4-3-5-7-9;1-7(2)8-4-5-9(3)6-8;1-7(2)8-3-5-9-6-4-8;1-7(2)8-4-3-5-9-6-8;1-7(2)8-5-3-4-6-9-8;2*1-7(2)8-3-5-9-6-4-8;1-7(2)8-4-3-5-9-6-8;2*1-7(2)8-5-3-4-6-9-8;1-6(2)7-4-5-9(3)8-7;1-6(2)7-8-4-3-5-9-7/h4,8,11H,5-7H2,1-3H3;6,8-9H,4-5,7H2,1-3H3;3,7H,4-6H2,1-2H3;3-8H,1-2H3;4-7H,1-3H3;3*3-7H,1-2H3;7-8H,3-6H2,1-2H3;3,7H,4-6H2,1-2H3;6-7H,3-5H2,1-2H3;7-8H,3-6H2,1-2H3;5,7H,3-4,6H2,1-2H3;4-6H,1-3H3;3-6H,1-2H3. The van der Waals surface area contributed by atoms with Crippen LogP contribution in [0.4, 0.5) is 0 Å². The molecule has 0 spiro atoms. The van der Waals surface area contributed by atoms with Gasteiger partial charge < -0.3 is 33.4 Å². The maximum atomic E-state index is 10.8. The highest BCUT2D eigenvalue weighted by atomic mass is 16.5. The van der Waals surface area contributed by atoms with E-state index in [1.807, 2.05) is 118 Å². The Hall–Kier alpha value is -8.21. The number of carbonyl (C=O) groups excluding carboxylic acids is 1. The highest BCUT2D eigenvalue weighted by Gasteiger charge is 2.25. The van der Waals surface area contributed by atoms with E-state index in [2.05, 4.69) is 328 Å². The van der Waals surface area contributed by atoms with E-state index < -0.39 is 5.60 Å². The fourth-order valence-corrected chi connectivity index (χ4v) is 15.2. The van der Waals surface area contributed by atoms with E-state index in [-0.39, 0.29) is 0 Å². The van der Waals surface area contributed by atoms with Gasteiger partial charge in [0.15, 0.2) is 0 Å². The third-order valence-corrected chi connectivity index (χ3v) is 25.5. The summed E-state index contributed by atoms with van der Waals surface area (Å²) in [4.78, 5) is 31.0. The maximum absolute atomic E-state index is 10.8. The molecule has 2 fully saturated rings. The van der Waals surface area contributed by atoms with Crippen molar-refractivity contribution in [2.75, 3.05) is 46.2 Å². The lowest BCUT2D eigenvalue weighted by atomic mass is 9.83. The molecule has 1 N–H and O–H groups in total. The van der Waals surface area contributed by atoms with Crippen LogP contribution in [0.3, 0.4) is 0 Å². The summed E-state index contributed by atoms with van der Waals surface area (Å²) in [6.45, 7) is 76.7. The minimum Gasteiger partial charge on any atom is -0.501 e. The van der Waals surface area contributed by atoms with Crippen LogP contribution >= 0.6 is 0 Å². The fraction of sp³-hybridized carbons (Fsp3) is 0.637. The number of aliphatic hydroxyl groups is 1. The molecule has 139 heavy (non-hydrogen) atoms. The van der Waals surface area contributed by atoms with Gasteiger partial charge in [-0.2, -0.15) is 5.10 Å². The Kier molecular flexibility index (Phi) is 70.9. The summed E-state index contributed by atoms with van der Waals surface area (Å²) in [5.74, 6) is 14.0. The van der Waals surface area contributed by atoms with Crippen LogP contribution in [0.15, 0.2) is 223 Å². The highest BCUT2D eigenvalue weighted by Crippen LogP contribution is 2.32. The predicted octanol–water partition coefficient (Wildman–Crippen LogP) is 33.9. The Balaban J connectivity index is 0.000000745. The SMILES string of the molecule is CC(C)C1=CCC(=O)CC1.CC(C)C1=CCC(C)(O)CC1.CC(C)C1=CCCCO1.CC(C)C1=CCOCC1.CC(C)C1=COCCC1.CC(C)C1CCCCO1.CC(C)C1CCOCC1.CC(C)c1ccccc1.CC(C)c1ccccn1.CC(C)c1cccnc1.CC(C)c1ccn(C)c1.CC(C)c1ccn(C)n1.CC(C)c1ccncc1.CC(C)c1ncccn1.CC1CC=C(C(C)C)CC1. The number of aryl methyl sites for hydroxylation is 2. The molecule has 5 aliphatic heterocycles. The van der Waals surface area contributed by atoms with Crippen LogP contribution in [0.1, 0.15) is 424 Å². The van der Waals surface area contributed by atoms with Gasteiger partial charge in [-0.3, -0.25) is 24.4 Å². The lowest BCUT2D eigenvalue weighted by molar-refractivity contribution is -0.118. The van der Waals surface area contributed by atoms with Crippen molar-refractivity contribution < 1.29 is 33.6 Å². The van der Waals surface area contributed by atoms with E-state index >= 15 is 0 Å². The summed E-state index contributed by atoms with van der Waals surface area (Å²) in [6, 6.07) is 30.7. The first-order chi connectivity index (χ1) is 65.9. The normalized spacial score (nSPS) is 17.7. The Morgan fingerprint density at radius 2 is 0.986 bits per heavy atom. The van der Waals surface area contributed by atoms with Crippen molar-refractivity contribution in [3.63, 3.8) is 0 Å². The first-order valence-corrected chi connectivity index (χ1v) is 53.9. The zero-order valence-corrected chi connectivity index (χ0v) is 94.6. The van der Waals surface area contributed by atoms with Gasteiger partial charge in [0.05, 0.1) is 55.8 Å². The third kappa shape index (κ3) is 64.1. The van der Waals surface area contributed by atoms with Crippen LogP contribution in [0, 0.1) is 59.2 Å². The Bertz CT molecular complexity index is 3930. The van der Waals surface area contributed by atoms with Crippen molar-refractivity contribution >= 4 is 5.78 Å². The summed E-state index contributed by atoms with van der Waals surface area (Å²) in [6.07, 6.45) is 54.3. The number of nitrogens with zero attached hydrogens (tertiary/aromatic N) is 8. The van der Waals surface area contributed by atoms with Gasteiger partial charge in [0.25, 0.3) is 0 Å². The van der Waals surface area contributed by atoms with E-state index in [9.17, 15) is 9.90 Å². The maximum Gasteiger partial charge on any atom is 0.136 e. The number of ether oxygens (including phenoxy) is 5. The second-order valence-corrected chi connectivity index (χ2v) is 43.2. The van der Waals surface area contributed by atoms with Gasteiger partial charge in [0, 0.05) is 126 Å². The van der Waals surface area contributed by atoms with Crippen LogP contribution < -0.4 is 0 Å². The number of aromatic nitrogens is 8. The number of benzene rings is 1. The average Bonchev–Trinajstić information content (AvgIpc) is 1.70. The van der Waals surface area contributed by atoms with E-state index in [1.165, 1.54) is 122 Å². The zero-order valence-electron chi connectivity index (χ0n) is 94.6. The highest BCUT2D eigenvalue weighted by molar-refractivity contribution is 5.81. The molecular weight excluding hydrogens is 1710 g/mol. The lowest BCUT2D eigenvalue weighted by Crippen LogP contribution is -2.26. The van der Waals surface area contributed by atoms with Crippen molar-refractivity contribution in [3.05, 3.63) is 263 Å². The molecule has 15 heteroatoms. The van der Waals surface area contributed by atoms with Crippen LogP contribution in [-0.2, 0) is 42.6 Å². The smallest absolute Gasteiger partial charge is 0.136 e. The van der Waals surface area contributed by atoms with Gasteiger partial charge in [0.2, 0.25) is 0 Å². The van der Waals surface area contributed by atoms with Crippen LogP contribution in [0.2, 0.25) is 0 Å². The molecule has 0 amide bonds. The lowest BCUT2D eigenvalue weighted by Gasteiger charge is -2.28. The van der Waals surface area contributed by atoms with Gasteiger partial charge in [-0.25, -0.2) is 9.97 Å². The van der Waals surface area contributed by atoms with E-state index in [0.29, 0.717) is 95.2 Å². The Morgan fingerprint density at radius 1 is 0.410 bits per heavy atom. The number of hydrogen-bond donors (Lipinski definition) is 1. The molecule has 1 aromatic carbocycles. The zero-order chi connectivity index (χ0) is 104. The molecule has 0 radical (unpaired) electrons. The quantitative estimate of drug-likeness (QED) is 0.0963. The number of hydrogen-bond acceptors (Lipinski definition) is 13. The summed E-state index contributed by atoms with van der Waals surface area (Å²) < 4.78 is 30.5. The van der Waals surface area contributed by atoms with Crippen molar-refractivity contribution in [2.45, 2.75) is 397 Å². The molecule has 15 rings (SSSR count). The average molecular weight is 1920 g/mol. The first kappa shape index (κ1) is 129. The molecule has 3 atom stereocenters. The fourth-order valence-electron chi connectivity index (χ4n) is 15.2. The van der Waals surface area contributed by atoms with E-state index in [0.717, 1.165) is 126 Å². The monoisotopic (exact) mass is 1920 g/mol. The Labute approximate surface area is 852 Å².